The number of carbonyl (C=O) groups is 1. The minimum atomic E-state index is -1.18. The molecule has 3 rings (SSSR count). The molecule has 1 atom stereocenters. The summed E-state index contributed by atoms with van der Waals surface area (Å²) >= 11 is 2.27. The molecule has 1 aliphatic rings. The van der Waals surface area contributed by atoms with E-state index in [9.17, 15) is 14.5 Å². The third-order valence-corrected chi connectivity index (χ3v) is 6.24. The van der Waals surface area contributed by atoms with Gasteiger partial charge in [-0.15, -0.1) is 4.31 Å². The highest BCUT2D eigenvalue weighted by molar-refractivity contribution is 9.10. The Morgan fingerprint density at radius 2 is 2.04 bits per heavy atom. The number of halogens is 1. The summed E-state index contributed by atoms with van der Waals surface area (Å²) in [6.45, 7) is 6.75. The van der Waals surface area contributed by atoms with Gasteiger partial charge in [-0.3, -0.25) is 0 Å². The lowest BCUT2D eigenvalue weighted by Gasteiger charge is -2.29. The molecule has 7 heteroatoms. The van der Waals surface area contributed by atoms with E-state index in [1.807, 2.05) is 49.3 Å². The highest BCUT2D eigenvalue weighted by atomic mass is 79.9. The van der Waals surface area contributed by atoms with Crippen LogP contribution in [0.2, 0.25) is 0 Å². The summed E-state index contributed by atoms with van der Waals surface area (Å²) in [5, 5.41) is 9.40. The van der Waals surface area contributed by atoms with Crippen LogP contribution in [-0.4, -0.2) is 29.7 Å². The molecule has 5 nitrogen and oxygen atoms in total. The number of carboxylic acid groups (broad SMARTS) is 1. The molecule has 0 saturated heterocycles. The summed E-state index contributed by atoms with van der Waals surface area (Å²) in [6.07, 6.45) is 0. The zero-order valence-corrected chi connectivity index (χ0v) is 16.6. The van der Waals surface area contributed by atoms with Crippen LogP contribution in [-0.2, 0) is 24.5 Å². The lowest BCUT2D eigenvalue weighted by atomic mass is 10.0. The maximum absolute atomic E-state index is 12.7. The van der Waals surface area contributed by atoms with Crippen molar-refractivity contribution in [1.82, 2.24) is 9.29 Å². The van der Waals surface area contributed by atoms with Crippen LogP contribution in [0.4, 0.5) is 0 Å². The largest absolute Gasteiger partial charge is 0.597 e. The van der Waals surface area contributed by atoms with Crippen molar-refractivity contribution in [2.75, 3.05) is 0 Å². The Hall–Kier alpha value is -1.41. The van der Waals surface area contributed by atoms with Gasteiger partial charge in [-0.2, -0.15) is 0 Å². The first-order chi connectivity index (χ1) is 11.7. The molecule has 0 spiro atoms. The smallest absolute Gasteiger partial charge is 0.354 e. The van der Waals surface area contributed by atoms with Crippen LogP contribution in [0.5, 0.6) is 0 Å². The van der Waals surface area contributed by atoms with Gasteiger partial charge in [0.15, 0.2) is 0 Å². The van der Waals surface area contributed by atoms with Gasteiger partial charge in [0.1, 0.15) is 10.4 Å². The Balaban J connectivity index is 2.09. The molecule has 2 aromatic rings. The fraction of sp³-hybridized carbons (Fsp3) is 0.333. The SMILES string of the molecule is CC(C)(C)[S@@+]([O-])N1Cc2cc(C(=O)O)nc(-c3cccc(Br)c3)c2C1. The molecule has 1 N–H and O–H groups in total. The second-order valence-corrected chi connectivity index (χ2v) is 10.1. The molecule has 0 unspecified atom stereocenters. The Morgan fingerprint density at radius 1 is 1.32 bits per heavy atom. The second-order valence-electron chi connectivity index (χ2n) is 6.97. The van der Waals surface area contributed by atoms with Crippen molar-refractivity contribution in [3.8, 4) is 11.3 Å². The molecule has 2 heterocycles. The van der Waals surface area contributed by atoms with Crippen molar-refractivity contribution < 1.29 is 14.5 Å². The van der Waals surface area contributed by atoms with Crippen LogP contribution in [0.15, 0.2) is 34.8 Å². The highest BCUT2D eigenvalue weighted by Gasteiger charge is 2.38. The number of rotatable bonds is 3. The third-order valence-electron chi connectivity index (χ3n) is 3.97. The Bertz CT molecular complexity index is 836. The molecular weight excluding hydrogens is 404 g/mol. The quantitative estimate of drug-likeness (QED) is 0.756. The number of aromatic carboxylic acids is 1. The average molecular weight is 423 g/mol. The van der Waals surface area contributed by atoms with Crippen LogP contribution < -0.4 is 0 Å². The number of pyridine rings is 1. The van der Waals surface area contributed by atoms with Crippen molar-refractivity contribution in [2.24, 2.45) is 0 Å². The van der Waals surface area contributed by atoms with Crippen molar-refractivity contribution in [1.29, 1.82) is 0 Å². The summed E-state index contributed by atoms with van der Waals surface area (Å²) in [5.41, 5.74) is 3.32. The topological polar surface area (TPSA) is 76.5 Å². The molecular formula is C18H19BrN2O3S. The zero-order valence-electron chi connectivity index (χ0n) is 14.2. The number of hydrogen-bond acceptors (Lipinski definition) is 4. The Morgan fingerprint density at radius 3 is 2.64 bits per heavy atom. The predicted molar refractivity (Wildman–Crippen MR) is 101 cm³/mol. The maximum atomic E-state index is 12.7. The van der Waals surface area contributed by atoms with Crippen LogP contribution in [0.3, 0.4) is 0 Å². The van der Waals surface area contributed by atoms with Gasteiger partial charge >= 0.3 is 5.97 Å². The molecule has 0 amide bonds. The van der Waals surface area contributed by atoms with Gasteiger partial charge in [-0.25, -0.2) is 9.78 Å². The van der Waals surface area contributed by atoms with Gasteiger partial charge in [0.05, 0.1) is 18.8 Å². The first kappa shape index (κ1) is 18.4. The lowest BCUT2D eigenvalue weighted by molar-refractivity contribution is 0.0690. The molecule has 0 radical (unpaired) electrons. The van der Waals surface area contributed by atoms with Gasteiger partial charge in [0.25, 0.3) is 0 Å². The normalized spacial score (nSPS) is 15.9. The van der Waals surface area contributed by atoms with Crippen LogP contribution >= 0.6 is 15.9 Å². The van der Waals surface area contributed by atoms with Gasteiger partial charge in [-0.1, -0.05) is 28.1 Å². The minimum absolute atomic E-state index is 0.0112. The molecule has 1 aliphatic heterocycles. The molecule has 0 saturated carbocycles. The standard InChI is InChI=1S/C18H19BrN2O3S/c1-18(2,3)25(24)21-9-12-8-15(17(22)23)20-16(14(12)10-21)11-5-4-6-13(19)7-11/h4-8H,9-10H2,1-3H3,(H,22,23)/t25-/m1/s1. The van der Waals surface area contributed by atoms with Gasteiger partial charge in [0, 0.05) is 27.0 Å². The van der Waals surface area contributed by atoms with Gasteiger partial charge in [0.2, 0.25) is 0 Å². The molecule has 25 heavy (non-hydrogen) atoms. The van der Waals surface area contributed by atoms with E-state index in [1.165, 1.54) is 0 Å². The van der Waals surface area contributed by atoms with Crippen LogP contribution in [0.25, 0.3) is 11.3 Å². The summed E-state index contributed by atoms with van der Waals surface area (Å²) in [4.78, 5) is 15.8. The van der Waals surface area contributed by atoms with E-state index in [-0.39, 0.29) is 10.4 Å². The summed E-state index contributed by atoms with van der Waals surface area (Å²) in [5.74, 6) is -1.06. The first-order valence-corrected chi connectivity index (χ1v) is 9.76. The van der Waals surface area contributed by atoms with E-state index >= 15 is 0 Å². The molecule has 1 aromatic carbocycles. The summed E-state index contributed by atoms with van der Waals surface area (Å²) in [7, 11) is 0. The summed E-state index contributed by atoms with van der Waals surface area (Å²) in [6, 6.07) is 9.21. The zero-order chi connectivity index (χ0) is 18.4. The molecule has 1 aromatic heterocycles. The number of fused-ring (bicyclic) bond motifs is 1. The van der Waals surface area contributed by atoms with Crippen molar-refractivity contribution in [3.05, 3.63) is 51.6 Å². The molecule has 132 valence electrons. The van der Waals surface area contributed by atoms with Gasteiger partial charge < -0.3 is 9.66 Å². The van der Waals surface area contributed by atoms with Gasteiger partial charge in [-0.05, 0) is 44.5 Å². The fourth-order valence-electron chi connectivity index (χ4n) is 2.85. The van der Waals surface area contributed by atoms with Crippen molar-refractivity contribution in [2.45, 2.75) is 38.6 Å². The van der Waals surface area contributed by atoms with E-state index in [4.69, 9.17) is 0 Å². The average Bonchev–Trinajstić information content (AvgIpc) is 2.95. The van der Waals surface area contributed by atoms with Crippen LogP contribution in [0, 0.1) is 0 Å². The minimum Gasteiger partial charge on any atom is -0.597 e. The maximum Gasteiger partial charge on any atom is 0.354 e. The van der Waals surface area contributed by atoms with E-state index in [0.717, 1.165) is 21.2 Å². The molecule has 0 aliphatic carbocycles. The van der Waals surface area contributed by atoms with E-state index in [2.05, 4.69) is 20.9 Å². The van der Waals surface area contributed by atoms with Crippen molar-refractivity contribution >= 4 is 33.3 Å². The number of nitrogens with zero attached hydrogens (tertiary/aromatic N) is 2. The van der Waals surface area contributed by atoms with E-state index < -0.39 is 17.3 Å². The van der Waals surface area contributed by atoms with E-state index in [1.54, 1.807) is 6.07 Å². The van der Waals surface area contributed by atoms with E-state index in [0.29, 0.717) is 18.8 Å². The Labute approximate surface area is 158 Å². The fourth-order valence-corrected chi connectivity index (χ4v) is 4.53. The second kappa shape index (κ2) is 6.72. The lowest BCUT2D eigenvalue weighted by Crippen LogP contribution is -2.40. The third kappa shape index (κ3) is 3.74. The first-order valence-electron chi connectivity index (χ1n) is 7.86. The monoisotopic (exact) mass is 422 g/mol. The predicted octanol–water partition coefficient (Wildman–Crippen LogP) is 3.99. The Kier molecular flexibility index (Phi) is 4.94. The number of carboxylic acids is 1. The summed E-state index contributed by atoms with van der Waals surface area (Å²) < 4.78 is 15.1. The van der Waals surface area contributed by atoms with Crippen molar-refractivity contribution in [3.63, 3.8) is 0 Å². The molecule has 0 bridgehead atoms. The number of aromatic nitrogens is 1. The number of hydrogen-bond donors (Lipinski definition) is 1. The highest BCUT2D eigenvalue weighted by Crippen LogP contribution is 2.36. The number of benzene rings is 1. The van der Waals surface area contributed by atoms with Crippen LogP contribution in [0.1, 0.15) is 42.4 Å². The molecule has 0 fully saturated rings.